The standard InChI is InChI=1S/C2HCl3.CHCl3/c3-1-2(4)5;2-1(3)4/h1H;1H. The van der Waals surface area contributed by atoms with Crippen molar-refractivity contribution in [1.82, 2.24) is 0 Å². The Morgan fingerprint density at radius 2 is 1.22 bits per heavy atom. The molecule has 56 valence electrons. The Labute approximate surface area is 83.6 Å². The van der Waals surface area contributed by atoms with Crippen LogP contribution in [0.1, 0.15) is 0 Å². The van der Waals surface area contributed by atoms with Crippen molar-refractivity contribution in [2.45, 2.75) is 4.30 Å². The minimum absolute atomic E-state index is 0.0895. The van der Waals surface area contributed by atoms with Gasteiger partial charge in [0, 0.05) is 5.54 Å². The molecule has 0 spiro atoms. The largest absolute Gasteiger partial charge is 0.180 e. The molecule has 0 saturated heterocycles. The number of rotatable bonds is 0. The average Bonchev–Trinajstić information content (AvgIpc) is 1.65. The van der Waals surface area contributed by atoms with Crippen LogP contribution in [0, 0.1) is 0 Å². The first-order valence-corrected chi connectivity index (χ1v) is 4.04. The van der Waals surface area contributed by atoms with Crippen LogP contribution < -0.4 is 0 Å². The average molecular weight is 251 g/mol. The van der Waals surface area contributed by atoms with Gasteiger partial charge < -0.3 is 0 Å². The van der Waals surface area contributed by atoms with Crippen molar-refractivity contribution in [2.24, 2.45) is 0 Å². The highest BCUT2D eigenvalue weighted by atomic mass is 35.6. The molecule has 0 fully saturated rings. The summed E-state index contributed by atoms with van der Waals surface area (Å²) < 4.78 is -0.660. The summed E-state index contributed by atoms with van der Waals surface area (Å²) in [5, 5.41) is 0. The van der Waals surface area contributed by atoms with E-state index in [-0.39, 0.29) is 4.49 Å². The van der Waals surface area contributed by atoms with E-state index in [0.717, 1.165) is 5.54 Å². The van der Waals surface area contributed by atoms with Crippen LogP contribution in [-0.4, -0.2) is 4.30 Å². The van der Waals surface area contributed by atoms with Crippen LogP contribution in [0.3, 0.4) is 0 Å². The summed E-state index contributed by atoms with van der Waals surface area (Å²) in [6, 6.07) is 0. The van der Waals surface area contributed by atoms with E-state index in [9.17, 15) is 0 Å². The smallest absolute Gasteiger partial charge is 0.0904 e. The highest BCUT2D eigenvalue weighted by Gasteiger charge is 1.78. The van der Waals surface area contributed by atoms with Gasteiger partial charge >= 0.3 is 0 Å². The van der Waals surface area contributed by atoms with Gasteiger partial charge in [-0.15, -0.1) is 0 Å². The lowest BCUT2D eigenvalue weighted by molar-refractivity contribution is 1.96. The van der Waals surface area contributed by atoms with Crippen molar-refractivity contribution in [3.05, 3.63) is 10.0 Å². The number of alkyl halides is 3. The third kappa shape index (κ3) is 43.8. The van der Waals surface area contributed by atoms with Gasteiger partial charge in [0.15, 0.2) is 4.30 Å². The van der Waals surface area contributed by atoms with Gasteiger partial charge in [0.1, 0.15) is 4.49 Å². The Morgan fingerprint density at radius 3 is 1.22 bits per heavy atom. The van der Waals surface area contributed by atoms with Crippen LogP contribution in [-0.2, 0) is 0 Å². The summed E-state index contributed by atoms with van der Waals surface area (Å²) in [6.45, 7) is 0. The van der Waals surface area contributed by atoms with Gasteiger partial charge in [-0.1, -0.05) is 69.6 Å². The van der Waals surface area contributed by atoms with Crippen LogP contribution in [0.5, 0.6) is 0 Å². The number of hydrogen-bond donors (Lipinski definition) is 0. The summed E-state index contributed by atoms with van der Waals surface area (Å²) in [5.74, 6) is 0. The minimum Gasteiger partial charge on any atom is -0.0904 e. The molecule has 0 amide bonds. The van der Waals surface area contributed by atoms with Crippen molar-refractivity contribution in [1.29, 1.82) is 0 Å². The number of halogens is 6. The molecule has 0 unspecified atom stereocenters. The van der Waals surface area contributed by atoms with E-state index in [1.807, 2.05) is 0 Å². The molecule has 0 aromatic carbocycles. The van der Waals surface area contributed by atoms with Gasteiger partial charge in [-0.2, -0.15) is 0 Å². The molecule has 9 heavy (non-hydrogen) atoms. The van der Waals surface area contributed by atoms with E-state index in [0.29, 0.717) is 0 Å². The molecule has 0 radical (unpaired) electrons. The van der Waals surface area contributed by atoms with Crippen LogP contribution in [0.15, 0.2) is 10.0 Å². The fourth-order valence-corrected chi connectivity index (χ4v) is 0. The molecule has 0 heterocycles. The zero-order chi connectivity index (χ0) is 7.86. The first-order valence-electron chi connectivity index (χ1n) is 1.54. The van der Waals surface area contributed by atoms with E-state index >= 15 is 0 Å². The van der Waals surface area contributed by atoms with Gasteiger partial charge in [0.05, 0.1) is 0 Å². The van der Waals surface area contributed by atoms with E-state index < -0.39 is 4.30 Å². The minimum atomic E-state index is -0.750. The van der Waals surface area contributed by atoms with Crippen LogP contribution in [0.4, 0.5) is 0 Å². The second kappa shape index (κ2) is 9.48. The SMILES string of the molecule is ClC(Cl)Cl.ClC=C(Cl)Cl. The van der Waals surface area contributed by atoms with Crippen LogP contribution in [0.25, 0.3) is 0 Å². The van der Waals surface area contributed by atoms with Gasteiger partial charge in [-0.25, -0.2) is 0 Å². The molecule has 0 N–H and O–H groups in total. The molecule has 6 heteroatoms. The Balaban J connectivity index is 0. The fraction of sp³-hybridized carbons (Fsp3) is 0.333. The Hall–Kier alpha value is 1.48. The molecule has 0 aromatic rings. The van der Waals surface area contributed by atoms with Gasteiger partial charge in [0.25, 0.3) is 0 Å². The second-order valence-corrected chi connectivity index (χ2v) is 3.85. The summed E-state index contributed by atoms with van der Waals surface area (Å²) in [7, 11) is 0. The molecule has 0 rings (SSSR count). The predicted octanol–water partition coefficient (Wildman–Crippen LogP) is 4.49. The summed E-state index contributed by atoms with van der Waals surface area (Å²) in [5.41, 5.74) is 1.09. The topological polar surface area (TPSA) is 0 Å². The Kier molecular flexibility index (Phi) is 13.8. The van der Waals surface area contributed by atoms with Crippen molar-refractivity contribution < 1.29 is 0 Å². The van der Waals surface area contributed by atoms with Crippen LogP contribution in [0.2, 0.25) is 0 Å². The molecule has 0 nitrogen and oxygen atoms in total. The monoisotopic (exact) mass is 248 g/mol. The van der Waals surface area contributed by atoms with E-state index in [2.05, 4.69) is 0 Å². The third-order valence-corrected chi connectivity index (χ3v) is 0.742. The molecule has 0 aliphatic heterocycles. The van der Waals surface area contributed by atoms with E-state index in [4.69, 9.17) is 69.6 Å². The van der Waals surface area contributed by atoms with E-state index in [1.165, 1.54) is 0 Å². The summed E-state index contributed by atoms with van der Waals surface area (Å²) >= 11 is 29.2. The molecule has 0 aliphatic rings. The molecular weight excluding hydrogens is 249 g/mol. The Morgan fingerprint density at radius 1 is 1.11 bits per heavy atom. The van der Waals surface area contributed by atoms with E-state index in [1.54, 1.807) is 0 Å². The third-order valence-electron chi connectivity index (χ3n) is 0.0825. The fourth-order valence-electron chi connectivity index (χ4n) is 0. The highest BCUT2D eigenvalue weighted by molar-refractivity contribution is 6.63. The summed E-state index contributed by atoms with van der Waals surface area (Å²) in [4.78, 5) is 0. The first-order chi connectivity index (χ1) is 4.00. The summed E-state index contributed by atoms with van der Waals surface area (Å²) in [6.07, 6.45) is 0. The second-order valence-electron chi connectivity index (χ2n) is 0.646. The van der Waals surface area contributed by atoms with Crippen LogP contribution >= 0.6 is 69.6 Å². The molecular formula is C3H2Cl6. The zero-order valence-electron chi connectivity index (χ0n) is 3.92. The zero-order valence-corrected chi connectivity index (χ0v) is 8.46. The molecule has 0 bridgehead atoms. The van der Waals surface area contributed by atoms with Gasteiger partial charge in [-0.3, -0.25) is 0 Å². The maximum atomic E-state index is 4.96. The van der Waals surface area contributed by atoms with Crippen molar-refractivity contribution >= 4 is 69.6 Å². The maximum Gasteiger partial charge on any atom is 0.180 e. The molecule has 0 aliphatic carbocycles. The molecule has 0 aromatic heterocycles. The van der Waals surface area contributed by atoms with Crippen molar-refractivity contribution in [2.75, 3.05) is 0 Å². The molecule has 0 atom stereocenters. The first kappa shape index (κ1) is 13.1. The molecule has 0 saturated carbocycles. The van der Waals surface area contributed by atoms with Crippen molar-refractivity contribution in [3.63, 3.8) is 0 Å². The lowest BCUT2D eigenvalue weighted by Crippen LogP contribution is -1.55. The van der Waals surface area contributed by atoms with Gasteiger partial charge in [-0.05, 0) is 0 Å². The normalized spacial score (nSPS) is 7.89. The van der Waals surface area contributed by atoms with Gasteiger partial charge in [0.2, 0.25) is 0 Å². The predicted molar refractivity (Wildman–Crippen MR) is 47.0 cm³/mol. The lowest BCUT2D eigenvalue weighted by atomic mass is 11.2. The lowest BCUT2D eigenvalue weighted by Gasteiger charge is -1.69. The number of hydrogen-bond acceptors (Lipinski definition) is 0. The van der Waals surface area contributed by atoms with Crippen molar-refractivity contribution in [3.8, 4) is 0 Å². The maximum absolute atomic E-state index is 4.96. The quantitative estimate of drug-likeness (QED) is 0.556. The highest BCUT2D eigenvalue weighted by Crippen LogP contribution is 2.06. The Bertz CT molecular complexity index is 69.6.